The number of allylic oxidation sites excluding steroid dienone is 2. The number of fused-ring (bicyclic) bond motifs is 1. The molecule has 1 N–H and O–H groups in total. The van der Waals surface area contributed by atoms with Crippen molar-refractivity contribution >= 4 is 0 Å². The van der Waals surface area contributed by atoms with Crippen LogP contribution in [0.2, 0.25) is 0 Å². The van der Waals surface area contributed by atoms with Crippen LogP contribution in [0.4, 0.5) is 0 Å². The summed E-state index contributed by atoms with van der Waals surface area (Å²) >= 11 is 0. The van der Waals surface area contributed by atoms with Crippen molar-refractivity contribution in [2.45, 2.75) is 32.6 Å². The molecule has 0 bridgehead atoms. The maximum Gasteiger partial charge on any atom is 0.0467 e. The van der Waals surface area contributed by atoms with Gasteiger partial charge >= 0.3 is 0 Å². The highest BCUT2D eigenvalue weighted by Gasteiger charge is 2.34. The van der Waals surface area contributed by atoms with Crippen LogP contribution in [0.15, 0.2) is 12.2 Å². The molecule has 13 heavy (non-hydrogen) atoms. The van der Waals surface area contributed by atoms with Crippen LogP contribution in [0, 0.1) is 23.7 Å². The van der Waals surface area contributed by atoms with Gasteiger partial charge in [-0.2, -0.15) is 0 Å². The fourth-order valence-corrected chi connectivity index (χ4v) is 3.11. The van der Waals surface area contributed by atoms with Crippen LogP contribution in [-0.2, 0) is 0 Å². The minimum absolute atomic E-state index is 0.382. The molecule has 0 spiro atoms. The molecule has 0 heterocycles. The Labute approximate surface area is 80.8 Å². The van der Waals surface area contributed by atoms with Gasteiger partial charge in [0.2, 0.25) is 0 Å². The van der Waals surface area contributed by atoms with Crippen LogP contribution in [0.3, 0.4) is 0 Å². The second-order valence-electron chi connectivity index (χ2n) is 4.70. The third-order valence-electron chi connectivity index (χ3n) is 3.97. The van der Waals surface area contributed by atoms with E-state index in [0.717, 1.165) is 11.8 Å². The largest absolute Gasteiger partial charge is 0.396 e. The predicted octanol–water partition coefficient (Wildman–Crippen LogP) is 2.61. The van der Waals surface area contributed by atoms with Crippen LogP contribution in [0.25, 0.3) is 0 Å². The lowest BCUT2D eigenvalue weighted by molar-refractivity contribution is 0.0860. The lowest BCUT2D eigenvalue weighted by Gasteiger charge is -2.40. The Morgan fingerprint density at radius 1 is 1.23 bits per heavy atom. The van der Waals surface area contributed by atoms with E-state index in [1.807, 2.05) is 0 Å². The molecular formula is C12H20O. The highest BCUT2D eigenvalue weighted by molar-refractivity contribution is 5.04. The summed E-state index contributed by atoms with van der Waals surface area (Å²) in [5.41, 5.74) is 0. The summed E-state index contributed by atoms with van der Waals surface area (Å²) in [6, 6.07) is 0. The predicted molar refractivity (Wildman–Crippen MR) is 54.3 cm³/mol. The molecule has 0 saturated heterocycles. The average molecular weight is 180 g/mol. The van der Waals surface area contributed by atoms with Crippen molar-refractivity contribution in [3.05, 3.63) is 12.2 Å². The molecule has 74 valence electrons. The van der Waals surface area contributed by atoms with Crippen LogP contribution in [0.1, 0.15) is 32.6 Å². The molecule has 4 unspecified atom stereocenters. The first-order chi connectivity index (χ1) is 6.33. The maximum absolute atomic E-state index is 9.37. The van der Waals surface area contributed by atoms with Gasteiger partial charge in [0.1, 0.15) is 0 Å². The fourth-order valence-electron chi connectivity index (χ4n) is 3.11. The molecule has 2 rings (SSSR count). The van der Waals surface area contributed by atoms with Crippen LogP contribution in [0.5, 0.6) is 0 Å². The number of hydrogen-bond acceptors (Lipinski definition) is 1. The fraction of sp³-hybridized carbons (Fsp3) is 0.833. The molecule has 2 aliphatic carbocycles. The zero-order valence-corrected chi connectivity index (χ0v) is 8.45. The zero-order chi connectivity index (χ0) is 9.26. The van der Waals surface area contributed by atoms with Gasteiger partial charge in [-0.3, -0.25) is 0 Å². The quantitative estimate of drug-likeness (QED) is 0.615. The van der Waals surface area contributed by atoms with Crippen molar-refractivity contribution < 1.29 is 5.11 Å². The molecule has 2 aliphatic rings. The minimum atomic E-state index is 0.382. The van der Waals surface area contributed by atoms with E-state index in [9.17, 15) is 5.11 Å². The van der Waals surface area contributed by atoms with E-state index in [2.05, 4.69) is 19.1 Å². The third kappa shape index (κ3) is 1.67. The van der Waals surface area contributed by atoms with E-state index in [0.29, 0.717) is 18.4 Å². The van der Waals surface area contributed by atoms with Crippen LogP contribution >= 0.6 is 0 Å². The summed E-state index contributed by atoms with van der Waals surface area (Å²) in [6.45, 7) is 2.62. The highest BCUT2D eigenvalue weighted by atomic mass is 16.3. The van der Waals surface area contributed by atoms with E-state index in [-0.39, 0.29) is 0 Å². The summed E-state index contributed by atoms with van der Waals surface area (Å²) < 4.78 is 0. The van der Waals surface area contributed by atoms with Crippen molar-refractivity contribution in [2.75, 3.05) is 6.61 Å². The molecule has 0 radical (unpaired) electrons. The van der Waals surface area contributed by atoms with Gasteiger partial charge in [0.05, 0.1) is 0 Å². The lowest BCUT2D eigenvalue weighted by Crippen LogP contribution is -2.34. The number of hydrogen-bond donors (Lipinski definition) is 1. The number of aliphatic hydroxyl groups is 1. The lowest BCUT2D eigenvalue weighted by atomic mass is 9.65. The van der Waals surface area contributed by atoms with Gasteiger partial charge in [0.25, 0.3) is 0 Å². The molecule has 0 aromatic heterocycles. The minimum Gasteiger partial charge on any atom is -0.396 e. The second kappa shape index (κ2) is 3.83. The summed E-state index contributed by atoms with van der Waals surface area (Å²) in [6.07, 6.45) is 10.2. The standard InChI is InChI=1S/C12H20O/c1-9-6-7-10-4-2-3-5-11(10)12(9)8-13/h6-7,9-13H,2-5,8H2,1H3. The van der Waals surface area contributed by atoms with Gasteiger partial charge in [0, 0.05) is 6.61 Å². The molecule has 1 nitrogen and oxygen atoms in total. The smallest absolute Gasteiger partial charge is 0.0467 e. The molecule has 0 amide bonds. The van der Waals surface area contributed by atoms with Gasteiger partial charge in [-0.05, 0) is 36.5 Å². The summed E-state index contributed by atoms with van der Waals surface area (Å²) in [5, 5.41) is 9.37. The van der Waals surface area contributed by atoms with E-state index in [1.54, 1.807) is 0 Å². The topological polar surface area (TPSA) is 20.2 Å². The Bertz CT molecular complexity index is 197. The number of rotatable bonds is 1. The molecular weight excluding hydrogens is 160 g/mol. The summed E-state index contributed by atoms with van der Waals surface area (Å²) in [4.78, 5) is 0. The van der Waals surface area contributed by atoms with Crippen molar-refractivity contribution in [1.29, 1.82) is 0 Å². The van der Waals surface area contributed by atoms with E-state index >= 15 is 0 Å². The molecule has 0 aromatic rings. The molecule has 0 aliphatic heterocycles. The Morgan fingerprint density at radius 2 is 2.00 bits per heavy atom. The van der Waals surface area contributed by atoms with Crippen molar-refractivity contribution in [1.82, 2.24) is 0 Å². The van der Waals surface area contributed by atoms with Gasteiger partial charge in [-0.15, -0.1) is 0 Å². The molecule has 1 saturated carbocycles. The van der Waals surface area contributed by atoms with E-state index in [4.69, 9.17) is 0 Å². The van der Waals surface area contributed by atoms with Crippen molar-refractivity contribution in [3.63, 3.8) is 0 Å². The van der Waals surface area contributed by atoms with Crippen molar-refractivity contribution in [2.24, 2.45) is 23.7 Å². The second-order valence-corrected chi connectivity index (χ2v) is 4.70. The summed E-state index contributed by atoms with van der Waals surface area (Å²) in [5.74, 6) is 2.68. The molecule has 1 fully saturated rings. The van der Waals surface area contributed by atoms with Gasteiger partial charge in [-0.25, -0.2) is 0 Å². The van der Waals surface area contributed by atoms with Crippen molar-refractivity contribution in [3.8, 4) is 0 Å². The highest BCUT2D eigenvalue weighted by Crippen LogP contribution is 2.42. The van der Waals surface area contributed by atoms with Crippen LogP contribution in [-0.4, -0.2) is 11.7 Å². The zero-order valence-electron chi connectivity index (χ0n) is 8.45. The Kier molecular flexibility index (Phi) is 2.73. The van der Waals surface area contributed by atoms with E-state index < -0.39 is 0 Å². The first kappa shape index (κ1) is 9.26. The summed E-state index contributed by atoms with van der Waals surface area (Å²) in [7, 11) is 0. The maximum atomic E-state index is 9.37. The first-order valence-electron chi connectivity index (χ1n) is 5.62. The Hall–Kier alpha value is -0.300. The molecule has 4 atom stereocenters. The SMILES string of the molecule is CC1C=CC2CCCCC2C1CO. The van der Waals surface area contributed by atoms with Gasteiger partial charge in [-0.1, -0.05) is 31.9 Å². The Morgan fingerprint density at radius 3 is 2.77 bits per heavy atom. The normalized spacial score (nSPS) is 44.5. The Balaban J connectivity index is 2.13. The number of aliphatic hydroxyl groups excluding tert-OH is 1. The monoisotopic (exact) mass is 180 g/mol. The molecule has 1 heteroatoms. The third-order valence-corrected chi connectivity index (χ3v) is 3.97. The van der Waals surface area contributed by atoms with Crippen LogP contribution < -0.4 is 0 Å². The molecule has 0 aromatic carbocycles. The first-order valence-corrected chi connectivity index (χ1v) is 5.62. The average Bonchev–Trinajstić information content (AvgIpc) is 2.18. The van der Waals surface area contributed by atoms with Gasteiger partial charge in [0.15, 0.2) is 0 Å². The van der Waals surface area contributed by atoms with E-state index in [1.165, 1.54) is 25.7 Å². The van der Waals surface area contributed by atoms with Gasteiger partial charge < -0.3 is 5.11 Å².